The molecule has 160 valence electrons. The smallest absolute Gasteiger partial charge is 0.337 e. The van der Waals surface area contributed by atoms with Crippen molar-refractivity contribution in [3.05, 3.63) is 47.5 Å². The number of esters is 1. The van der Waals surface area contributed by atoms with E-state index in [-0.39, 0.29) is 23.3 Å². The first-order valence-electron chi connectivity index (χ1n) is 10.6. The zero-order valence-electron chi connectivity index (χ0n) is 18.2. The van der Waals surface area contributed by atoms with Gasteiger partial charge >= 0.3 is 5.97 Å². The number of unbranched alkanes of at least 4 members (excludes halogenated alkanes) is 1. The number of likely N-dealkylation sites (tertiary alicyclic amines) is 1. The quantitative estimate of drug-likeness (QED) is 0.473. The highest BCUT2D eigenvalue weighted by atomic mass is 16.5. The first kappa shape index (κ1) is 23.1. The Bertz CT molecular complexity index is 708. The molecule has 0 aromatic heterocycles. The number of hydrogen-bond donors (Lipinski definition) is 1. The maximum Gasteiger partial charge on any atom is 0.337 e. The molecule has 0 saturated carbocycles. The predicted octanol–water partition coefficient (Wildman–Crippen LogP) is 4.14. The number of amides is 1. The average molecular weight is 402 g/mol. The number of benzene rings is 1. The van der Waals surface area contributed by atoms with E-state index in [9.17, 15) is 14.7 Å². The molecule has 2 rings (SSSR count). The summed E-state index contributed by atoms with van der Waals surface area (Å²) in [6.07, 6.45) is 8.61. The van der Waals surface area contributed by atoms with Crippen molar-refractivity contribution in [2.75, 3.05) is 13.7 Å². The van der Waals surface area contributed by atoms with E-state index in [1.165, 1.54) is 7.11 Å². The topological polar surface area (TPSA) is 66.8 Å². The number of carbonyl (C=O) groups excluding carboxylic acids is 2. The van der Waals surface area contributed by atoms with Gasteiger partial charge in [-0.25, -0.2) is 4.79 Å². The van der Waals surface area contributed by atoms with Crippen molar-refractivity contribution in [2.24, 2.45) is 5.41 Å². The summed E-state index contributed by atoms with van der Waals surface area (Å²) < 4.78 is 4.72. The number of hydrogen-bond acceptors (Lipinski definition) is 4. The summed E-state index contributed by atoms with van der Waals surface area (Å²) in [5, 5.41) is 10.6. The minimum atomic E-state index is -0.516. The van der Waals surface area contributed by atoms with Crippen LogP contribution in [0.3, 0.4) is 0 Å². The molecule has 29 heavy (non-hydrogen) atoms. The third-order valence-corrected chi connectivity index (χ3v) is 5.88. The van der Waals surface area contributed by atoms with Crippen LogP contribution in [0.1, 0.15) is 68.8 Å². The van der Waals surface area contributed by atoms with E-state index < -0.39 is 6.10 Å². The molecule has 1 N–H and O–H groups in total. The zero-order valence-corrected chi connectivity index (χ0v) is 18.2. The second-order valence-corrected chi connectivity index (χ2v) is 8.55. The second-order valence-electron chi connectivity index (χ2n) is 8.55. The van der Waals surface area contributed by atoms with Crippen molar-refractivity contribution >= 4 is 11.9 Å². The van der Waals surface area contributed by atoms with Crippen LogP contribution in [0.25, 0.3) is 0 Å². The fourth-order valence-corrected chi connectivity index (χ4v) is 3.70. The molecule has 5 nitrogen and oxygen atoms in total. The van der Waals surface area contributed by atoms with Crippen molar-refractivity contribution < 1.29 is 19.4 Å². The highest BCUT2D eigenvalue weighted by molar-refractivity contribution is 5.89. The molecular weight excluding hydrogens is 366 g/mol. The van der Waals surface area contributed by atoms with E-state index in [0.717, 1.165) is 37.7 Å². The van der Waals surface area contributed by atoms with Crippen LogP contribution in [0.4, 0.5) is 0 Å². The predicted molar refractivity (Wildman–Crippen MR) is 115 cm³/mol. The summed E-state index contributed by atoms with van der Waals surface area (Å²) in [6, 6.07) is 7.33. The molecule has 5 heteroatoms. The van der Waals surface area contributed by atoms with Gasteiger partial charge in [-0.3, -0.25) is 4.79 Å². The van der Waals surface area contributed by atoms with Crippen LogP contribution in [-0.4, -0.2) is 47.7 Å². The second kappa shape index (κ2) is 10.6. The average Bonchev–Trinajstić information content (AvgIpc) is 3.08. The Morgan fingerprint density at radius 3 is 2.66 bits per heavy atom. The van der Waals surface area contributed by atoms with Gasteiger partial charge in [0.1, 0.15) is 0 Å². The molecular formula is C24H35NO4. The van der Waals surface area contributed by atoms with E-state index in [2.05, 4.69) is 20.8 Å². The lowest BCUT2D eigenvalue weighted by atomic mass is 9.81. The Morgan fingerprint density at radius 1 is 1.34 bits per heavy atom. The van der Waals surface area contributed by atoms with Gasteiger partial charge in [0.25, 0.3) is 0 Å². The molecule has 1 fully saturated rings. The number of nitrogens with zero attached hydrogens (tertiary/aromatic N) is 1. The number of aliphatic hydroxyl groups excluding tert-OH is 1. The summed E-state index contributed by atoms with van der Waals surface area (Å²) in [4.78, 5) is 25.8. The highest BCUT2D eigenvalue weighted by Gasteiger charge is 2.30. The standard InChI is InChI=1S/C24H35NO4/c1-5-6-16-24(2,3)21(26)13-11-20-12-14-22(27)25(20)17-15-18-7-9-19(10-8-18)23(28)29-4/h7-11,13,20-21,26H,5-6,12,14-17H2,1-4H3/b13-11+. The van der Waals surface area contributed by atoms with Gasteiger partial charge in [0.2, 0.25) is 5.91 Å². The van der Waals surface area contributed by atoms with E-state index in [1.807, 2.05) is 29.2 Å². The lowest BCUT2D eigenvalue weighted by Gasteiger charge is -2.29. The van der Waals surface area contributed by atoms with Crippen LogP contribution in [0.15, 0.2) is 36.4 Å². The van der Waals surface area contributed by atoms with Gasteiger partial charge in [0, 0.05) is 13.0 Å². The third kappa shape index (κ3) is 6.43. The number of rotatable bonds is 10. The number of ether oxygens (including phenoxy) is 1. The monoisotopic (exact) mass is 401 g/mol. The van der Waals surface area contributed by atoms with E-state index in [0.29, 0.717) is 18.5 Å². The Balaban J connectivity index is 1.95. The Labute approximate surface area is 174 Å². The van der Waals surface area contributed by atoms with Gasteiger partial charge in [-0.2, -0.15) is 0 Å². The summed E-state index contributed by atoms with van der Waals surface area (Å²) >= 11 is 0. The summed E-state index contributed by atoms with van der Waals surface area (Å²) in [7, 11) is 1.37. The first-order valence-corrected chi connectivity index (χ1v) is 10.6. The zero-order chi connectivity index (χ0) is 21.4. The van der Waals surface area contributed by atoms with Crippen molar-refractivity contribution in [1.82, 2.24) is 4.90 Å². The molecule has 2 atom stereocenters. The number of carbonyl (C=O) groups is 2. The molecule has 0 spiro atoms. The highest BCUT2D eigenvalue weighted by Crippen LogP contribution is 2.29. The molecule has 1 amide bonds. The largest absolute Gasteiger partial charge is 0.465 e. The van der Waals surface area contributed by atoms with Crippen molar-refractivity contribution in [3.63, 3.8) is 0 Å². The summed E-state index contributed by atoms with van der Waals surface area (Å²) in [5.41, 5.74) is 1.43. The maximum absolute atomic E-state index is 12.3. The Kier molecular flexibility index (Phi) is 8.45. The first-order chi connectivity index (χ1) is 13.8. The number of aliphatic hydroxyl groups is 1. The van der Waals surface area contributed by atoms with Crippen LogP contribution in [0.5, 0.6) is 0 Å². The molecule has 1 aromatic carbocycles. The number of methoxy groups -OCH3 is 1. The van der Waals surface area contributed by atoms with Crippen LogP contribution in [0, 0.1) is 5.41 Å². The fourth-order valence-electron chi connectivity index (χ4n) is 3.70. The van der Waals surface area contributed by atoms with Crippen molar-refractivity contribution in [3.8, 4) is 0 Å². The lowest BCUT2D eigenvalue weighted by molar-refractivity contribution is -0.128. The van der Waals surface area contributed by atoms with E-state index in [1.54, 1.807) is 12.1 Å². The fraction of sp³-hybridized carbons (Fsp3) is 0.583. The molecule has 1 saturated heterocycles. The maximum atomic E-state index is 12.3. The van der Waals surface area contributed by atoms with Gasteiger partial charge < -0.3 is 14.7 Å². The third-order valence-electron chi connectivity index (χ3n) is 5.88. The molecule has 1 heterocycles. The molecule has 0 radical (unpaired) electrons. The molecule has 2 unspecified atom stereocenters. The van der Waals surface area contributed by atoms with Crippen LogP contribution in [-0.2, 0) is 16.0 Å². The minimum Gasteiger partial charge on any atom is -0.465 e. The molecule has 0 aliphatic carbocycles. The van der Waals surface area contributed by atoms with Gasteiger partial charge in [0.05, 0.1) is 24.8 Å². The van der Waals surface area contributed by atoms with Crippen molar-refractivity contribution in [2.45, 2.75) is 71.4 Å². The van der Waals surface area contributed by atoms with Crippen LogP contribution in [0.2, 0.25) is 0 Å². The van der Waals surface area contributed by atoms with Gasteiger partial charge in [0.15, 0.2) is 0 Å². The van der Waals surface area contributed by atoms with E-state index >= 15 is 0 Å². The SMILES string of the molecule is CCCCC(C)(C)C(O)/C=C/C1CCC(=O)N1CCc1ccc(C(=O)OC)cc1. The van der Waals surface area contributed by atoms with Gasteiger partial charge in [-0.1, -0.05) is 57.9 Å². The Hall–Kier alpha value is -2.14. The van der Waals surface area contributed by atoms with Crippen LogP contribution >= 0.6 is 0 Å². The minimum absolute atomic E-state index is 0.0356. The Morgan fingerprint density at radius 2 is 2.03 bits per heavy atom. The van der Waals surface area contributed by atoms with E-state index in [4.69, 9.17) is 4.74 Å². The molecule has 1 aromatic rings. The van der Waals surface area contributed by atoms with Gasteiger partial charge in [-0.05, 0) is 42.4 Å². The van der Waals surface area contributed by atoms with Gasteiger partial charge in [-0.15, -0.1) is 0 Å². The molecule has 1 aliphatic rings. The normalized spacial score (nSPS) is 18.4. The van der Waals surface area contributed by atoms with Crippen molar-refractivity contribution in [1.29, 1.82) is 0 Å². The van der Waals surface area contributed by atoms with Crippen LogP contribution < -0.4 is 0 Å². The summed E-state index contributed by atoms with van der Waals surface area (Å²) in [5.74, 6) is -0.192. The molecule has 1 aliphatic heterocycles. The summed E-state index contributed by atoms with van der Waals surface area (Å²) in [6.45, 7) is 6.96. The molecule has 0 bridgehead atoms. The lowest BCUT2D eigenvalue weighted by Crippen LogP contribution is -2.34.